The first-order valence-corrected chi connectivity index (χ1v) is 44.8. The van der Waals surface area contributed by atoms with Crippen LogP contribution in [0.4, 0.5) is 0 Å². The topological polar surface area (TPSA) is 609 Å². The van der Waals surface area contributed by atoms with Crippen molar-refractivity contribution in [3.8, 4) is 18.8 Å². The van der Waals surface area contributed by atoms with Gasteiger partial charge in [-0.15, -0.1) is 0 Å². The molecule has 0 unspecified atom stereocenters. The van der Waals surface area contributed by atoms with Gasteiger partial charge in [-0.05, 0) is 138 Å². The zero-order chi connectivity index (χ0) is 103. The molecule has 0 aromatic carbocycles. The highest BCUT2D eigenvalue weighted by Gasteiger charge is 2.23. The number of nitriles is 3. The summed E-state index contributed by atoms with van der Waals surface area (Å²) in [6.07, 6.45) is 25.8. The van der Waals surface area contributed by atoms with E-state index in [1.54, 1.807) is 18.8 Å². The number of carbonyl (C=O) groups is 6. The van der Waals surface area contributed by atoms with E-state index < -0.39 is 104 Å². The monoisotopic (exact) mass is 1940 g/mol. The Morgan fingerprint density at radius 2 is 0.348 bits per heavy atom. The van der Waals surface area contributed by atoms with E-state index in [-0.39, 0.29) is 152 Å². The average molecular weight is 1940 g/mol. The molecule has 4 aromatic heterocycles. The SMILES string of the molecule is C=C(C)C(=O)OCCn1c(=O)n(CCCCCCN=C=O)c(=O)n(CCCCCCOC#N)c1=O.C=C(C)C(=O)OCCn1c(=O)n(CCCCCCOC#N)c(=O)n(CCOC(=O)C(=C)C)c1=O.C=C(C)C(=O)OCCn1c(=O)n(CCOC(=O)C(=C)C)c(=O)n(CCOC(=O)C(=C)C)c1=O.N#COCCCCCCn1c(=O)n(CCCCCCN=C=O)c(=O)n(CCCCCCN=C=O)c1=O. The number of ether oxygens (including phenoxy) is 9. The smallest absolute Gasteiger partial charge is 0.336 e. The van der Waals surface area contributed by atoms with E-state index in [2.05, 4.69) is 68.7 Å². The van der Waals surface area contributed by atoms with Gasteiger partial charge in [0, 0.05) is 72.7 Å². The normalized spacial score (nSPS) is 10.3. The molecule has 4 heterocycles. The number of rotatable bonds is 66. The fourth-order valence-corrected chi connectivity index (χ4v) is 12.3. The van der Waals surface area contributed by atoms with Gasteiger partial charge in [0.25, 0.3) is 18.8 Å². The maximum atomic E-state index is 13.0. The van der Waals surface area contributed by atoms with Crippen LogP contribution < -0.4 is 68.3 Å². The van der Waals surface area contributed by atoms with Crippen molar-refractivity contribution in [3.63, 3.8) is 0 Å². The summed E-state index contributed by atoms with van der Waals surface area (Å²) >= 11 is 0. The molecular formula is C90H126N18O30. The van der Waals surface area contributed by atoms with Gasteiger partial charge in [0.05, 0.1) is 58.9 Å². The summed E-state index contributed by atoms with van der Waals surface area (Å²) in [5.41, 5.74) is -8.57. The molecule has 0 aliphatic rings. The van der Waals surface area contributed by atoms with Crippen LogP contribution in [0.5, 0.6) is 0 Å². The molecule has 0 saturated heterocycles. The first-order valence-electron chi connectivity index (χ1n) is 44.8. The molecule has 0 saturated carbocycles. The van der Waals surface area contributed by atoms with Gasteiger partial charge in [-0.1, -0.05) is 97.3 Å². The van der Waals surface area contributed by atoms with Crippen molar-refractivity contribution in [1.82, 2.24) is 54.8 Å². The summed E-state index contributed by atoms with van der Waals surface area (Å²) in [5.74, 6) is -4.12. The molecule has 138 heavy (non-hydrogen) atoms. The molecule has 0 N–H and O–H groups in total. The molecule has 0 amide bonds. The van der Waals surface area contributed by atoms with Crippen molar-refractivity contribution in [1.29, 1.82) is 15.8 Å². The quantitative estimate of drug-likeness (QED) is 0.0116. The number of unbranched alkanes of at least 4 members (excludes halogenated alkanes) is 18. The first kappa shape index (κ1) is 121. The second-order valence-corrected chi connectivity index (χ2v) is 30.9. The lowest BCUT2D eigenvalue weighted by Gasteiger charge is -2.14. The summed E-state index contributed by atoms with van der Waals surface area (Å²) in [6, 6.07) is 0. The number of nitrogens with zero attached hydrogens (tertiary/aromatic N) is 18. The average Bonchev–Trinajstić information content (AvgIpc) is 0.826. The zero-order valence-corrected chi connectivity index (χ0v) is 79.5. The Morgan fingerprint density at radius 3 is 0.478 bits per heavy atom. The Hall–Kier alpha value is -15.1. The van der Waals surface area contributed by atoms with Crippen LogP contribution in [-0.2, 0) is 164 Å². The van der Waals surface area contributed by atoms with Crippen LogP contribution in [0, 0.1) is 34.6 Å². The summed E-state index contributed by atoms with van der Waals surface area (Å²) in [6.45, 7) is 28.9. The summed E-state index contributed by atoms with van der Waals surface area (Å²) in [7, 11) is 0. The molecule has 0 atom stereocenters. The Morgan fingerprint density at radius 1 is 0.217 bits per heavy atom. The van der Waals surface area contributed by atoms with Crippen molar-refractivity contribution < 1.29 is 85.8 Å². The Bertz CT molecular complexity index is 5570. The largest absolute Gasteiger partial charge is 0.460 e. The second-order valence-electron chi connectivity index (χ2n) is 30.9. The summed E-state index contributed by atoms with van der Waals surface area (Å²) < 4.78 is 54.5. The lowest BCUT2D eigenvalue weighted by Crippen LogP contribution is -2.55. The van der Waals surface area contributed by atoms with E-state index >= 15 is 0 Å². The molecule has 0 spiro atoms. The van der Waals surface area contributed by atoms with Crippen molar-refractivity contribution in [3.05, 3.63) is 199 Å². The van der Waals surface area contributed by atoms with Crippen molar-refractivity contribution in [2.45, 2.75) is 274 Å². The van der Waals surface area contributed by atoms with E-state index in [1.165, 1.54) is 59.8 Å². The van der Waals surface area contributed by atoms with E-state index in [9.17, 15) is 101 Å². The van der Waals surface area contributed by atoms with Gasteiger partial charge < -0.3 is 42.6 Å². The maximum Gasteiger partial charge on any atom is 0.336 e. The van der Waals surface area contributed by atoms with Gasteiger partial charge in [-0.25, -0.2) is 170 Å². The molecule has 0 aliphatic carbocycles. The highest BCUT2D eigenvalue weighted by Crippen LogP contribution is 2.09. The second kappa shape index (κ2) is 70.6. The minimum absolute atomic E-state index is 0.0498. The number of aliphatic imine (C=N–C) groups is 3. The highest BCUT2D eigenvalue weighted by molar-refractivity contribution is 5.89. The number of esters is 6. The van der Waals surface area contributed by atoms with Crippen LogP contribution in [0.2, 0.25) is 0 Å². The third-order valence-electron chi connectivity index (χ3n) is 19.6. The molecule has 48 heteroatoms. The van der Waals surface area contributed by atoms with Crippen LogP contribution >= 0.6 is 0 Å². The molecule has 0 fully saturated rings. The molecule has 756 valence electrons. The third-order valence-corrected chi connectivity index (χ3v) is 19.6. The van der Waals surface area contributed by atoms with Crippen LogP contribution in [0.25, 0.3) is 0 Å². The van der Waals surface area contributed by atoms with E-state index in [0.717, 1.165) is 112 Å². The molecule has 48 nitrogen and oxygen atoms in total. The molecule has 4 rings (SSSR count). The van der Waals surface area contributed by atoms with Gasteiger partial charge in [0.2, 0.25) is 18.2 Å². The standard InChI is InChI=1S/C24H36N6O6.C23H33N5O7.C22H30N4O8.C21H27N3O9/c25-19-36-18-12-6-5-11-17-30-23(34)28(15-9-3-1-7-13-26-20-31)22(33)29(24(30)35)16-10-4-2-8-14-27-21-32;1-19(2)20(30)35-16-14-28-22(32)26(12-8-4-3-7-11-25-18-29)21(31)27(23(28)33)13-9-5-6-10-15-34-17-24;1-16(2)18(27)33-13-10-25-20(29)24(9-7-5-6-8-12-32-15-23)21(30)26(22(25)31)11-14-34-19(28)17(3)4;1-13(2)16(25)31-10-7-22-19(28)23(8-11-32-17(26)14(3)4)21(30)24(20(22)29)9-12-33-18(27)15(5)6/h1-18H2;1,3-16H2,2H3;1,3,5-14H2,2,4H3;1,3,5,7-12H2,2,4,6H3. The van der Waals surface area contributed by atoms with Gasteiger partial charge in [0.15, 0.2) is 0 Å². The number of hydrogen-bond acceptors (Lipinski definition) is 36. The van der Waals surface area contributed by atoms with Crippen molar-refractivity contribution >= 4 is 54.1 Å². The first-order chi connectivity index (χ1) is 65.9. The molecule has 0 bridgehead atoms. The maximum absolute atomic E-state index is 13.0. The predicted octanol–water partition coefficient (Wildman–Crippen LogP) is 3.27. The van der Waals surface area contributed by atoms with Crippen LogP contribution in [-0.4, -0.2) is 188 Å². The fourth-order valence-electron chi connectivity index (χ4n) is 12.3. The van der Waals surface area contributed by atoms with Crippen LogP contribution in [0.3, 0.4) is 0 Å². The molecule has 4 aromatic rings. The minimum atomic E-state index is -0.988. The Labute approximate surface area is 792 Å². The van der Waals surface area contributed by atoms with E-state index in [0.29, 0.717) is 137 Å². The lowest BCUT2D eigenvalue weighted by atomic mass is 10.2. The van der Waals surface area contributed by atoms with Crippen LogP contribution in [0.1, 0.15) is 196 Å². The predicted molar refractivity (Wildman–Crippen MR) is 496 cm³/mol. The van der Waals surface area contributed by atoms with Gasteiger partial charge >= 0.3 is 104 Å². The van der Waals surface area contributed by atoms with Gasteiger partial charge in [-0.3, -0.25) is 0 Å². The molecular weight excluding hydrogens is 1810 g/mol. The summed E-state index contributed by atoms with van der Waals surface area (Å²) in [4.78, 5) is 265. The Kier molecular flexibility index (Phi) is 61.8. The minimum Gasteiger partial charge on any atom is -0.460 e. The third kappa shape index (κ3) is 45.8. The lowest BCUT2D eigenvalue weighted by molar-refractivity contribution is -0.140. The van der Waals surface area contributed by atoms with Gasteiger partial charge in [-0.2, -0.15) is 15.8 Å². The number of hydrogen-bond donors (Lipinski definition) is 0. The fraction of sp³-hybridized carbons (Fsp3) is 0.600. The number of aromatic nitrogens is 12. The number of carbonyl (C=O) groups excluding carboxylic acids is 9. The zero-order valence-electron chi connectivity index (χ0n) is 79.5. The molecule has 0 radical (unpaired) electrons. The Balaban J connectivity index is 0.000000920. The molecule has 0 aliphatic heterocycles. The summed E-state index contributed by atoms with van der Waals surface area (Å²) in [5, 5.41) is 25.1. The van der Waals surface area contributed by atoms with E-state index in [4.69, 9.17) is 44.2 Å². The van der Waals surface area contributed by atoms with Gasteiger partial charge in [0.1, 0.15) is 59.5 Å². The number of isocyanates is 3. The van der Waals surface area contributed by atoms with Crippen molar-refractivity contribution in [2.75, 3.05) is 79.1 Å². The van der Waals surface area contributed by atoms with E-state index in [1.807, 2.05) is 0 Å². The van der Waals surface area contributed by atoms with Crippen LogP contribution in [0.15, 0.2) is 145 Å². The highest BCUT2D eigenvalue weighted by atomic mass is 16.6. The van der Waals surface area contributed by atoms with Crippen molar-refractivity contribution in [2.24, 2.45) is 15.0 Å².